The molecule has 2 aromatic carbocycles. The smallest absolute Gasteiger partial charge is 0.337 e. The predicted molar refractivity (Wildman–Crippen MR) is 104 cm³/mol. The standard InChI is InChI=1S/C20H24N2O5S/c1-26-20(23)18-6-3-7-19(13-18)28(24,25)21-14-16-4-2-5-17(12-16)15-22-8-10-27-11-9-22/h2-7,12-13,21H,8-11,14-15H2,1H3. The Bertz CT molecular complexity index is 924. The van der Waals surface area contributed by atoms with Crippen molar-refractivity contribution in [1.82, 2.24) is 9.62 Å². The molecule has 0 saturated carbocycles. The maximum absolute atomic E-state index is 12.6. The summed E-state index contributed by atoms with van der Waals surface area (Å²) in [7, 11) is -2.49. The summed E-state index contributed by atoms with van der Waals surface area (Å²) < 4.78 is 37.8. The van der Waals surface area contributed by atoms with Crippen LogP contribution in [-0.4, -0.2) is 52.7 Å². The third kappa shape index (κ3) is 5.39. The van der Waals surface area contributed by atoms with Gasteiger partial charge < -0.3 is 9.47 Å². The van der Waals surface area contributed by atoms with Crippen molar-refractivity contribution in [3.8, 4) is 0 Å². The summed E-state index contributed by atoms with van der Waals surface area (Å²) in [6.45, 7) is 4.25. The molecule has 1 aliphatic rings. The minimum atomic E-state index is -3.75. The van der Waals surface area contributed by atoms with Crippen molar-refractivity contribution >= 4 is 16.0 Å². The highest BCUT2D eigenvalue weighted by atomic mass is 32.2. The number of carbonyl (C=O) groups excluding carboxylic acids is 1. The number of nitrogens with one attached hydrogen (secondary N) is 1. The van der Waals surface area contributed by atoms with Gasteiger partial charge in [-0.1, -0.05) is 30.3 Å². The molecule has 8 heteroatoms. The number of morpholine rings is 1. The van der Waals surface area contributed by atoms with Gasteiger partial charge in [-0.25, -0.2) is 17.9 Å². The first-order valence-electron chi connectivity index (χ1n) is 9.04. The SMILES string of the molecule is COC(=O)c1cccc(S(=O)(=O)NCc2cccc(CN3CCOCC3)c2)c1. The van der Waals surface area contributed by atoms with E-state index in [1.807, 2.05) is 24.3 Å². The van der Waals surface area contributed by atoms with Crippen molar-refractivity contribution in [2.24, 2.45) is 0 Å². The lowest BCUT2D eigenvalue weighted by molar-refractivity contribution is 0.0342. The van der Waals surface area contributed by atoms with Gasteiger partial charge in [0, 0.05) is 26.2 Å². The van der Waals surface area contributed by atoms with Gasteiger partial charge in [0.15, 0.2) is 0 Å². The van der Waals surface area contributed by atoms with Crippen LogP contribution in [0.15, 0.2) is 53.4 Å². The Labute approximate surface area is 165 Å². The Morgan fingerprint density at radius 2 is 1.82 bits per heavy atom. The maximum Gasteiger partial charge on any atom is 0.337 e. The molecule has 7 nitrogen and oxygen atoms in total. The van der Waals surface area contributed by atoms with Crippen molar-refractivity contribution < 1.29 is 22.7 Å². The number of ether oxygens (including phenoxy) is 2. The van der Waals surface area contributed by atoms with Gasteiger partial charge in [-0.3, -0.25) is 4.90 Å². The van der Waals surface area contributed by atoms with Crippen LogP contribution in [0.5, 0.6) is 0 Å². The second kappa shape index (κ2) is 9.29. The van der Waals surface area contributed by atoms with Gasteiger partial charge in [0.2, 0.25) is 10.0 Å². The Kier molecular flexibility index (Phi) is 6.79. The number of rotatable bonds is 7. The van der Waals surface area contributed by atoms with E-state index in [0.29, 0.717) is 0 Å². The van der Waals surface area contributed by atoms with Crippen LogP contribution >= 0.6 is 0 Å². The van der Waals surface area contributed by atoms with E-state index in [9.17, 15) is 13.2 Å². The lowest BCUT2D eigenvalue weighted by Crippen LogP contribution is -2.35. The molecule has 28 heavy (non-hydrogen) atoms. The molecule has 0 aromatic heterocycles. The molecule has 0 radical (unpaired) electrons. The molecular formula is C20H24N2O5S. The van der Waals surface area contributed by atoms with Crippen molar-refractivity contribution in [3.05, 3.63) is 65.2 Å². The number of sulfonamides is 1. The number of hydrogen-bond donors (Lipinski definition) is 1. The second-order valence-corrected chi connectivity index (χ2v) is 8.32. The van der Waals surface area contributed by atoms with E-state index in [0.717, 1.165) is 44.0 Å². The van der Waals surface area contributed by atoms with Crippen LogP contribution in [0.25, 0.3) is 0 Å². The van der Waals surface area contributed by atoms with Crippen LogP contribution in [-0.2, 0) is 32.6 Å². The normalized spacial score (nSPS) is 15.3. The zero-order valence-corrected chi connectivity index (χ0v) is 16.6. The highest BCUT2D eigenvalue weighted by Crippen LogP contribution is 2.14. The van der Waals surface area contributed by atoms with E-state index in [1.165, 1.54) is 31.4 Å². The molecule has 0 atom stereocenters. The van der Waals surface area contributed by atoms with Gasteiger partial charge in [-0.15, -0.1) is 0 Å². The second-order valence-electron chi connectivity index (χ2n) is 6.55. The Balaban J connectivity index is 1.66. The third-order valence-corrected chi connectivity index (χ3v) is 5.93. The number of esters is 1. The van der Waals surface area contributed by atoms with E-state index in [4.69, 9.17) is 4.74 Å². The van der Waals surface area contributed by atoms with E-state index >= 15 is 0 Å². The summed E-state index contributed by atoms with van der Waals surface area (Å²) in [6.07, 6.45) is 0. The number of nitrogens with zero attached hydrogens (tertiary/aromatic N) is 1. The van der Waals surface area contributed by atoms with Crippen LogP contribution in [0.3, 0.4) is 0 Å². The molecule has 0 aliphatic carbocycles. The summed E-state index contributed by atoms with van der Waals surface area (Å²) in [5.41, 5.74) is 2.20. The zero-order valence-electron chi connectivity index (χ0n) is 15.8. The molecule has 1 saturated heterocycles. The van der Waals surface area contributed by atoms with Crippen LogP contribution in [0.2, 0.25) is 0 Å². The first-order chi connectivity index (χ1) is 13.5. The Morgan fingerprint density at radius 3 is 2.57 bits per heavy atom. The zero-order chi connectivity index (χ0) is 20.0. The van der Waals surface area contributed by atoms with Gasteiger partial charge in [-0.2, -0.15) is 0 Å². The van der Waals surface area contributed by atoms with E-state index in [1.54, 1.807) is 0 Å². The summed E-state index contributed by atoms with van der Waals surface area (Å²) in [4.78, 5) is 14.0. The molecule has 0 spiro atoms. The maximum atomic E-state index is 12.6. The molecule has 1 aliphatic heterocycles. The van der Waals surface area contributed by atoms with Gasteiger partial charge >= 0.3 is 5.97 Å². The number of benzene rings is 2. The molecule has 3 rings (SSSR count). The van der Waals surface area contributed by atoms with Gasteiger partial charge in [0.05, 0.1) is 30.8 Å². The fourth-order valence-electron chi connectivity index (χ4n) is 3.03. The first-order valence-corrected chi connectivity index (χ1v) is 10.5. The fourth-order valence-corrected chi connectivity index (χ4v) is 4.09. The van der Waals surface area contributed by atoms with Gasteiger partial charge in [0.25, 0.3) is 0 Å². The van der Waals surface area contributed by atoms with Gasteiger partial charge in [-0.05, 0) is 29.3 Å². The molecule has 1 fully saturated rings. The molecule has 0 bridgehead atoms. The average Bonchev–Trinajstić information content (AvgIpc) is 2.73. The molecule has 0 amide bonds. The summed E-state index contributed by atoms with van der Waals surface area (Å²) >= 11 is 0. The summed E-state index contributed by atoms with van der Waals surface area (Å²) in [5, 5.41) is 0. The van der Waals surface area contributed by atoms with Crippen molar-refractivity contribution in [2.45, 2.75) is 18.0 Å². The van der Waals surface area contributed by atoms with Crippen molar-refractivity contribution in [2.75, 3.05) is 33.4 Å². The monoisotopic (exact) mass is 404 g/mol. The lowest BCUT2D eigenvalue weighted by atomic mass is 10.1. The molecule has 1 N–H and O–H groups in total. The quantitative estimate of drug-likeness (QED) is 0.708. The lowest BCUT2D eigenvalue weighted by Gasteiger charge is -2.26. The molecule has 0 unspecified atom stereocenters. The van der Waals surface area contributed by atoms with Gasteiger partial charge in [0.1, 0.15) is 0 Å². The third-order valence-electron chi connectivity index (χ3n) is 4.53. The summed E-state index contributed by atoms with van der Waals surface area (Å²) in [6, 6.07) is 13.6. The van der Waals surface area contributed by atoms with E-state index < -0.39 is 16.0 Å². The number of methoxy groups -OCH3 is 1. The Morgan fingerprint density at radius 1 is 1.11 bits per heavy atom. The molecule has 150 valence electrons. The summed E-state index contributed by atoms with van der Waals surface area (Å²) in [5.74, 6) is -0.576. The average molecular weight is 404 g/mol. The van der Waals surface area contributed by atoms with Crippen molar-refractivity contribution in [1.29, 1.82) is 0 Å². The fraction of sp³-hybridized carbons (Fsp3) is 0.350. The van der Waals surface area contributed by atoms with E-state index in [2.05, 4.69) is 14.4 Å². The molecule has 1 heterocycles. The highest BCUT2D eigenvalue weighted by Gasteiger charge is 2.17. The first kappa shape index (κ1) is 20.5. The highest BCUT2D eigenvalue weighted by molar-refractivity contribution is 7.89. The largest absolute Gasteiger partial charge is 0.465 e. The Hall–Kier alpha value is -2.26. The number of hydrogen-bond acceptors (Lipinski definition) is 6. The minimum absolute atomic E-state index is 0.0277. The van der Waals surface area contributed by atoms with Crippen LogP contribution in [0.4, 0.5) is 0 Å². The van der Waals surface area contributed by atoms with Crippen molar-refractivity contribution in [3.63, 3.8) is 0 Å². The predicted octanol–water partition coefficient (Wildman–Crippen LogP) is 1.78. The number of carbonyl (C=O) groups is 1. The minimum Gasteiger partial charge on any atom is -0.465 e. The van der Waals surface area contributed by atoms with Crippen LogP contribution in [0.1, 0.15) is 21.5 Å². The van der Waals surface area contributed by atoms with E-state index in [-0.39, 0.29) is 17.0 Å². The molecule has 2 aromatic rings. The topological polar surface area (TPSA) is 84.9 Å². The molecular weight excluding hydrogens is 380 g/mol. The van der Waals surface area contributed by atoms with Crippen LogP contribution < -0.4 is 4.72 Å². The van der Waals surface area contributed by atoms with Crippen LogP contribution in [0, 0.1) is 0 Å².